The molecule has 0 saturated carbocycles. The second-order valence-corrected chi connectivity index (χ2v) is 3.59. The van der Waals surface area contributed by atoms with Crippen molar-refractivity contribution in [2.75, 3.05) is 0 Å². The van der Waals surface area contributed by atoms with Gasteiger partial charge in [0.05, 0.1) is 5.69 Å². The molecule has 1 aromatic rings. The van der Waals surface area contributed by atoms with Gasteiger partial charge in [0.1, 0.15) is 0 Å². The van der Waals surface area contributed by atoms with Crippen LogP contribution in [0.4, 0.5) is 13.2 Å². The van der Waals surface area contributed by atoms with E-state index in [4.69, 9.17) is 0 Å². The summed E-state index contributed by atoms with van der Waals surface area (Å²) in [5, 5.41) is 0. The molecule has 0 amide bonds. The van der Waals surface area contributed by atoms with Crippen molar-refractivity contribution in [1.29, 1.82) is 0 Å². The largest absolute Gasteiger partial charge is 0.573 e. The van der Waals surface area contributed by atoms with E-state index in [2.05, 4.69) is 9.72 Å². The molecule has 0 aliphatic carbocycles. The van der Waals surface area contributed by atoms with Gasteiger partial charge in [0.25, 0.3) is 0 Å². The Morgan fingerprint density at radius 3 is 2.60 bits per heavy atom. The topological polar surface area (TPSA) is 22.1 Å². The third-order valence-electron chi connectivity index (χ3n) is 1.68. The maximum absolute atomic E-state index is 12.0. The van der Waals surface area contributed by atoms with Crippen molar-refractivity contribution in [3.8, 4) is 5.75 Å². The highest BCUT2D eigenvalue weighted by Crippen LogP contribution is 2.26. The van der Waals surface area contributed by atoms with Gasteiger partial charge in [0.15, 0.2) is 5.75 Å². The van der Waals surface area contributed by atoms with Crippen LogP contribution in [0.1, 0.15) is 19.5 Å². The summed E-state index contributed by atoms with van der Waals surface area (Å²) in [6, 6.07) is 2.70. The van der Waals surface area contributed by atoms with Crippen LogP contribution in [0.5, 0.6) is 5.75 Å². The summed E-state index contributed by atoms with van der Waals surface area (Å²) in [6.07, 6.45) is -2.73. The zero-order chi connectivity index (χ0) is 11.5. The Balaban J connectivity index is 2.86. The third kappa shape index (κ3) is 4.18. The Labute approximate surface area is 86.1 Å². The average Bonchev–Trinajstić information content (AvgIpc) is 2.05. The maximum Gasteiger partial charge on any atom is 0.573 e. The molecular weight excluding hydrogens is 207 g/mol. The summed E-state index contributed by atoms with van der Waals surface area (Å²) < 4.78 is 39.9. The van der Waals surface area contributed by atoms with E-state index in [1.807, 2.05) is 13.8 Å². The van der Waals surface area contributed by atoms with Crippen LogP contribution in [0.2, 0.25) is 0 Å². The van der Waals surface area contributed by atoms with Crippen LogP contribution in [0.3, 0.4) is 0 Å². The van der Waals surface area contributed by atoms with Crippen molar-refractivity contribution in [2.45, 2.75) is 26.6 Å². The molecular formula is C10H12F3NO. The van der Waals surface area contributed by atoms with Gasteiger partial charge in [0.2, 0.25) is 0 Å². The van der Waals surface area contributed by atoms with Gasteiger partial charge < -0.3 is 4.74 Å². The smallest absolute Gasteiger partial charge is 0.404 e. The van der Waals surface area contributed by atoms with Crippen molar-refractivity contribution in [3.63, 3.8) is 0 Å². The van der Waals surface area contributed by atoms with Gasteiger partial charge in [-0.05, 0) is 24.5 Å². The van der Waals surface area contributed by atoms with E-state index in [-0.39, 0.29) is 11.7 Å². The predicted molar refractivity (Wildman–Crippen MR) is 49.5 cm³/mol. The minimum Gasteiger partial charge on any atom is -0.404 e. The maximum atomic E-state index is 12.0. The summed E-state index contributed by atoms with van der Waals surface area (Å²) >= 11 is 0. The first kappa shape index (κ1) is 11.8. The van der Waals surface area contributed by atoms with Crippen molar-refractivity contribution in [2.24, 2.45) is 5.92 Å². The van der Waals surface area contributed by atoms with Crippen molar-refractivity contribution in [3.05, 3.63) is 24.0 Å². The molecule has 15 heavy (non-hydrogen) atoms. The van der Waals surface area contributed by atoms with Crippen molar-refractivity contribution >= 4 is 0 Å². The number of halogens is 3. The van der Waals surface area contributed by atoms with E-state index < -0.39 is 6.36 Å². The normalized spacial score (nSPS) is 11.9. The summed E-state index contributed by atoms with van der Waals surface area (Å²) in [4.78, 5) is 3.88. The molecule has 0 atom stereocenters. The van der Waals surface area contributed by atoms with Crippen LogP contribution < -0.4 is 4.74 Å². The van der Waals surface area contributed by atoms with Crippen LogP contribution >= 0.6 is 0 Å². The van der Waals surface area contributed by atoms with Crippen LogP contribution in [-0.4, -0.2) is 11.3 Å². The Bertz CT molecular complexity index is 323. The lowest BCUT2D eigenvalue weighted by atomic mass is 10.1. The van der Waals surface area contributed by atoms with E-state index in [1.54, 1.807) is 0 Å². The number of alkyl halides is 3. The SMILES string of the molecule is CC(C)Cc1ncccc1OC(F)(F)F. The molecule has 0 aliphatic rings. The van der Waals surface area contributed by atoms with Gasteiger partial charge >= 0.3 is 6.36 Å². The molecule has 0 spiro atoms. The zero-order valence-electron chi connectivity index (χ0n) is 8.51. The van der Waals surface area contributed by atoms with Crippen LogP contribution in [0.25, 0.3) is 0 Å². The van der Waals surface area contributed by atoms with Gasteiger partial charge in [-0.15, -0.1) is 13.2 Å². The molecule has 0 aromatic carbocycles. The minimum atomic E-state index is -4.66. The molecule has 0 bridgehead atoms. The van der Waals surface area contributed by atoms with Gasteiger partial charge in [-0.3, -0.25) is 4.98 Å². The van der Waals surface area contributed by atoms with Gasteiger partial charge in [-0.2, -0.15) is 0 Å². The summed E-state index contributed by atoms with van der Waals surface area (Å²) in [7, 11) is 0. The molecule has 0 saturated heterocycles. The molecule has 2 nitrogen and oxygen atoms in total. The lowest BCUT2D eigenvalue weighted by Gasteiger charge is -2.13. The molecule has 0 radical (unpaired) electrons. The Kier molecular flexibility index (Phi) is 3.55. The average molecular weight is 219 g/mol. The lowest BCUT2D eigenvalue weighted by molar-refractivity contribution is -0.275. The highest BCUT2D eigenvalue weighted by molar-refractivity contribution is 5.27. The number of pyridine rings is 1. The number of hydrogen-bond acceptors (Lipinski definition) is 2. The first-order valence-electron chi connectivity index (χ1n) is 4.58. The molecule has 0 aliphatic heterocycles. The first-order valence-corrected chi connectivity index (χ1v) is 4.58. The molecule has 1 rings (SSSR count). The second kappa shape index (κ2) is 4.51. The predicted octanol–water partition coefficient (Wildman–Crippen LogP) is 3.18. The monoisotopic (exact) mass is 219 g/mol. The highest BCUT2D eigenvalue weighted by Gasteiger charge is 2.32. The summed E-state index contributed by atoms with van der Waals surface area (Å²) in [5.41, 5.74) is 0.338. The van der Waals surface area contributed by atoms with Crippen LogP contribution in [0.15, 0.2) is 18.3 Å². The number of rotatable bonds is 3. The Hall–Kier alpha value is -1.26. The summed E-state index contributed by atoms with van der Waals surface area (Å²) in [6.45, 7) is 3.82. The molecule has 0 fully saturated rings. The number of hydrogen-bond donors (Lipinski definition) is 0. The minimum absolute atomic E-state index is 0.210. The van der Waals surface area contributed by atoms with Crippen LogP contribution in [-0.2, 0) is 6.42 Å². The molecule has 1 heterocycles. The van der Waals surface area contributed by atoms with E-state index in [0.717, 1.165) is 0 Å². The molecule has 0 unspecified atom stereocenters. The Morgan fingerprint density at radius 2 is 2.07 bits per heavy atom. The second-order valence-electron chi connectivity index (χ2n) is 3.59. The highest BCUT2D eigenvalue weighted by atomic mass is 19.4. The quantitative estimate of drug-likeness (QED) is 0.778. The lowest BCUT2D eigenvalue weighted by Crippen LogP contribution is -2.18. The molecule has 5 heteroatoms. The first-order chi connectivity index (χ1) is 6.88. The molecule has 0 N–H and O–H groups in total. The zero-order valence-corrected chi connectivity index (χ0v) is 8.51. The fraction of sp³-hybridized carbons (Fsp3) is 0.500. The van der Waals surface area contributed by atoms with Crippen LogP contribution in [0, 0.1) is 5.92 Å². The van der Waals surface area contributed by atoms with Gasteiger partial charge in [-0.25, -0.2) is 0 Å². The molecule has 1 aromatic heterocycles. The standard InChI is InChI=1S/C10H12F3NO/c1-7(2)6-8-9(4-3-5-14-8)15-10(11,12)13/h3-5,7H,6H2,1-2H3. The van der Waals surface area contributed by atoms with E-state index in [1.165, 1.54) is 18.3 Å². The van der Waals surface area contributed by atoms with E-state index in [0.29, 0.717) is 12.1 Å². The van der Waals surface area contributed by atoms with Crippen molar-refractivity contribution < 1.29 is 17.9 Å². The number of ether oxygens (including phenoxy) is 1. The fourth-order valence-electron chi connectivity index (χ4n) is 1.18. The fourth-order valence-corrected chi connectivity index (χ4v) is 1.18. The Morgan fingerprint density at radius 1 is 1.40 bits per heavy atom. The van der Waals surface area contributed by atoms with E-state index in [9.17, 15) is 13.2 Å². The van der Waals surface area contributed by atoms with Gasteiger partial charge in [-0.1, -0.05) is 13.8 Å². The number of aromatic nitrogens is 1. The van der Waals surface area contributed by atoms with Crippen molar-refractivity contribution in [1.82, 2.24) is 4.98 Å². The van der Waals surface area contributed by atoms with Gasteiger partial charge in [0, 0.05) is 6.20 Å². The summed E-state index contributed by atoms with van der Waals surface area (Å²) in [5.74, 6) is 0.0224. The van der Waals surface area contributed by atoms with E-state index >= 15 is 0 Å². The molecule has 84 valence electrons. The number of nitrogens with zero attached hydrogens (tertiary/aromatic N) is 1. The third-order valence-corrected chi connectivity index (χ3v) is 1.68.